The van der Waals surface area contributed by atoms with Gasteiger partial charge in [0.2, 0.25) is 5.88 Å². The van der Waals surface area contributed by atoms with Gasteiger partial charge in [-0.3, -0.25) is 0 Å². The minimum atomic E-state index is 0.0981. The summed E-state index contributed by atoms with van der Waals surface area (Å²) >= 11 is 0. The lowest BCUT2D eigenvalue weighted by Crippen LogP contribution is -1.85. The average Bonchev–Trinajstić information content (AvgIpc) is 2.63. The van der Waals surface area contributed by atoms with Crippen LogP contribution in [-0.2, 0) is 6.42 Å². The van der Waals surface area contributed by atoms with Crippen LogP contribution in [0.4, 0.5) is 5.88 Å². The van der Waals surface area contributed by atoms with Gasteiger partial charge in [-0.2, -0.15) is 0 Å². The predicted octanol–water partition coefficient (Wildman–Crippen LogP) is 4.27. The van der Waals surface area contributed by atoms with Crippen molar-refractivity contribution in [2.24, 2.45) is 0 Å². The highest BCUT2D eigenvalue weighted by Crippen LogP contribution is 2.17. The molecule has 0 bridgehead atoms. The molecule has 0 spiro atoms. The van der Waals surface area contributed by atoms with Crippen molar-refractivity contribution in [2.45, 2.75) is 58.3 Å². The lowest BCUT2D eigenvalue weighted by molar-refractivity contribution is 0.565. The maximum atomic E-state index is 9.26. The van der Waals surface area contributed by atoms with Crippen LogP contribution in [0, 0.1) is 0 Å². The van der Waals surface area contributed by atoms with E-state index in [1.807, 2.05) is 6.07 Å². The Kier molecular flexibility index (Phi) is 5.98. The van der Waals surface area contributed by atoms with Crippen molar-refractivity contribution in [3.63, 3.8) is 0 Å². The van der Waals surface area contributed by atoms with Crippen molar-refractivity contribution in [3.8, 4) is 0 Å². The van der Waals surface area contributed by atoms with Gasteiger partial charge >= 0.3 is 0 Å². The molecule has 0 aliphatic rings. The molecule has 2 nitrogen and oxygen atoms in total. The van der Waals surface area contributed by atoms with Crippen LogP contribution in [0.2, 0.25) is 0 Å². The van der Waals surface area contributed by atoms with Gasteiger partial charge in [-0.15, -0.1) is 5.73 Å². The van der Waals surface area contributed by atoms with E-state index in [2.05, 4.69) is 6.92 Å². The largest absolute Gasteiger partial charge is 0.445 e. The van der Waals surface area contributed by atoms with Gasteiger partial charge < -0.3 is 4.42 Å². The smallest absolute Gasteiger partial charge is 0.241 e. The third kappa shape index (κ3) is 4.91. The van der Waals surface area contributed by atoms with E-state index < -0.39 is 0 Å². The van der Waals surface area contributed by atoms with Crippen molar-refractivity contribution >= 4 is 5.88 Å². The summed E-state index contributed by atoms with van der Waals surface area (Å²) in [5, 5.41) is 0. The molecule has 0 unspecified atom stereocenters. The fraction of sp³-hybridized carbons (Fsp3) is 0.692. The first-order valence-electron chi connectivity index (χ1n) is 6.10. The van der Waals surface area contributed by atoms with Gasteiger partial charge in [0.1, 0.15) is 0 Å². The van der Waals surface area contributed by atoms with E-state index in [9.17, 15) is 5.73 Å². The fourth-order valence-electron chi connectivity index (χ4n) is 1.79. The molecule has 1 aromatic rings. The van der Waals surface area contributed by atoms with Crippen LogP contribution in [0.5, 0.6) is 0 Å². The van der Waals surface area contributed by atoms with Crippen LogP contribution in [0.25, 0.3) is 0 Å². The molecular formula is C13H21NO. The second-order valence-corrected chi connectivity index (χ2v) is 4.12. The summed E-state index contributed by atoms with van der Waals surface area (Å²) in [4.78, 5) is 0. The number of nitrogens with zero attached hydrogens (tertiary/aromatic N) is 1. The highest BCUT2D eigenvalue weighted by Gasteiger charge is 2.02. The Morgan fingerprint density at radius 3 is 2.33 bits per heavy atom. The zero-order valence-electron chi connectivity index (χ0n) is 9.67. The van der Waals surface area contributed by atoms with Crippen LogP contribution in [0.15, 0.2) is 16.7 Å². The topological polar surface area (TPSA) is 35.4 Å². The number of furan rings is 1. The average molecular weight is 207 g/mol. The first kappa shape index (κ1) is 12.2. The summed E-state index contributed by atoms with van der Waals surface area (Å²) in [7, 11) is 0. The molecule has 2 heteroatoms. The van der Waals surface area contributed by atoms with Gasteiger partial charge in [-0.05, 0) is 18.9 Å². The molecular weight excluding hydrogens is 186 g/mol. The van der Waals surface area contributed by atoms with Crippen LogP contribution in [-0.4, -0.2) is 0 Å². The number of hydrogen-bond acceptors (Lipinski definition) is 1. The van der Waals surface area contributed by atoms with E-state index in [4.69, 9.17) is 4.42 Å². The van der Waals surface area contributed by atoms with Crippen LogP contribution in [0.1, 0.15) is 57.4 Å². The van der Waals surface area contributed by atoms with Gasteiger partial charge in [0, 0.05) is 5.56 Å². The number of unbranched alkanes of at least 4 members (excludes halogenated alkanes) is 6. The summed E-state index contributed by atoms with van der Waals surface area (Å²) in [5.41, 5.74) is 10.2. The Morgan fingerprint density at radius 1 is 1.07 bits per heavy atom. The van der Waals surface area contributed by atoms with E-state index in [-0.39, 0.29) is 5.88 Å². The molecule has 0 amide bonds. The van der Waals surface area contributed by atoms with E-state index in [0.717, 1.165) is 18.4 Å². The summed E-state index contributed by atoms with van der Waals surface area (Å²) in [6.45, 7) is 2.24. The molecule has 1 rings (SSSR count). The first-order chi connectivity index (χ1) is 7.34. The Hall–Kier alpha value is -0.920. The molecule has 0 aromatic carbocycles. The minimum absolute atomic E-state index is 0.0981. The monoisotopic (exact) mass is 207 g/mol. The summed E-state index contributed by atoms with van der Waals surface area (Å²) in [6.07, 6.45) is 11.6. The third-order valence-electron chi connectivity index (χ3n) is 2.77. The first-order valence-corrected chi connectivity index (χ1v) is 6.10. The van der Waals surface area contributed by atoms with E-state index in [1.54, 1.807) is 6.26 Å². The second-order valence-electron chi connectivity index (χ2n) is 4.12. The standard InChI is InChI=1S/C13H21NO/c1-2-3-4-5-6-7-8-9-12-10-11-15-13(12)14/h10-11H,2-9H2,1H3. The van der Waals surface area contributed by atoms with Gasteiger partial charge in [0.25, 0.3) is 0 Å². The van der Waals surface area contributed by atoms with Crippen molar-refractivity contribution < 1.29 is 4.42 Å². The van der Waals surface area contributed by atoms with Crippen LogP contribution >= 0.6 is 0 Å². The Balaban J connectivity index is 1.96. The second kappa shape index (κ2) is 7.38. The van der Waals surface area contributed by atoms with E-state index in [1.165, 1.54) is 38.5 Å². The SMILES string of the molecule is CCCCCCCCCc1ccoc1[N]. The minimum Gasteiger partial charge on any atom is -0.445 e. The Labute approximate surface area is 92.9 Å². The van der Waals surface area contributed by atoms with Crippen molar-refractivity contribution in [3.05, 3.63) is 17.9 Å². The maximum Gasteiger partial charge on any atom is 0.241 e. The maximum absolute atomic E-state index is 9.26. The number of rotatable bonds is 8. The molecule has 1 aromatic heterocycles. The quantitative estimate of drug-likeness (QED) is 0.586. The van der Waals surface area contributed by atoms with Gasteiger partial charge in [0.15, 0.2) is 0 Å². The number of aryl methyl sites for hydroxylation is 1. The molecule has 0 N–H and O–H groups in total. The van der Waals surface area contributed by atoms with E-state index >= 15 is 0 Å². The van der Waals surface area contributed by atoms with Crippen LogP contribution < -0.4 is 5.73 Å². The molecule has 0 atom stereocenters. The third-order valence-corrected chi connectivity index (χ3v) is 2.77. The molecule has 0 saturated carbocycles. The lowest BCUT2D eigenvalue weighted by Gasteiger charge is -2.00. The van der Waals surface area contributed by atoms with Crippen molar-refractivity contribution in [2.75, 3.05) is 0 Å². The molecule has 15 heavy (non-hydrogen) atoms. The Morgan fingerprint density at radius 2 is 1.73 bits per heavy atom. The summed E-state index contributed by atoms with van der Waals surface area (Å²) in [5.74, 6) is 0.0981. The molecule has 0 aliphatic carbocycles. The highest BCUT2D eigenvalue weighted by molar-refractivity contribution is 5.31. The molecule has 0 saturated heterocycles. The van der Waals surface area contributed by atoms with Crippen molar-refractivity contribution in [1.82, 2.24) is 5.73 Å². The van der Waals surface area contributed by atoms with Crippen LogP contribution in [0.3, 0.4) is 0 Å². The lowest BCUT2D eigenvalue weighted by atomic mass is 10.1. The molecule has 2 radical (unpaired) electrons. The fourth-order valence-corrected chi connectivity index (χ4v) is 1.79. The number of hydrogen-bond donors (Lipinski definition) is 0. The van der Waals surface area contributed by atoms with Gasteiger partial charge in [0.05, 0.1) is 6.26 Å². The zero-order chi connectivity index (χ0) is 10.9. The molecule has 0 aliphatic heterocycles. The molecule has 0 fully saturated rings. The zero-order valence-corrected chi connectivity index (χ0v) is 9.67. The van der Waals surface area contributed by atoms with Crippen molar-refractivity contribution in [1.29, 1.82) is 0 Å². The molecule has 84 valence electrons. The predicted molar refractivity (Wildman–Crippen MR) is 62.2 cm³/mol. The van der Waals surface area contributed by atoms with Gasteiger partial charge in [-0.1, -0.05) is 45.4 Å². The highest BCUT2D eigenvalue weighted by atomic mass is 16.3. The normalized spacial score (nSPS) is 10.7. The molecule has 1 heterocycles. The summed E-state index contributed by atoms with van der Waals surface area (Å²) < 4.78 is 4.83. The Bertz CT molecular complexity index is 255. The van der Waals surface area contributed by atoms with Gasteiger partial charge in [-0.25, -0.2) is 0 Å². The summed E-state index contributed by atoms with van der Waals surface area (Å²) in [6, 6.07) is 1.85. The van der Waals surface area contributed by atoms with E-state index in [0.29, 0.717) is 0 Å².